The van der Waals surface area contributed by atoms with E-state index in [1.54, 1.807) is 12.3 Å². The van der Waals surface area contributed by atoms with Crippen molar-refractivity contribution in [3.8, 4) is 11.5 Å². The largest absolute Gasteiger partial charge is 0.444 e. The smallest absolute Gasteiger partial charge is 0.410 e. The molecule has 2 fully saturated rings. The predicted octanol–water partition coefficient (Wildman–Crippen LogP) is 4.97. The summed E-state index contributed by atoms with van der Waals surface area (Å²) < 4.78 is 18.2. The first-order valence-electron chi connectivity index (χ1n) is 11.0. The Kier molecular flexibility index (Phi) is 4.93. The third-order valence-electron chi connectivity index (χ3n) is 6.27. The molecule has 1 aliphatic carbocycles. The number of hydrogen-bond acceptors (Lipinski definition) is 6. The Labute approximate surface area is 193 Å². The first kappa shape index (κ1) is 21.2. The maximum Gasteiger partial charge on any atom is 0.410 e. The molecule has 2 aromatic rings. The Morgan fingerprint density at radius 1 is 1.16 bits per heavy atom. The number of para-hydroxylation sites is 1. The number of carbonyl (C=O) groups is 1. The molecule has 0 radical (unpaired) electrons. The SMILES string of the molecule is CC(C)(C)OC(=O)N1CCN(c2cccc3c2O[C@@](C)(c2ccc(Cl)cn2)O3)[C@H]2CC[C@H]21. The number of anilines is 1. The van der Waals surface area contributed by atoms with Gasteiger partial charge in [-0.3, -0.25) is 4.98 Å². The van der Waals surface area contributed by atoms with Gasteiger partial charge < -0.3 is 24.0 Å². The summed E-state index contributed by atoms with van der Waals surface area (Å²) >= 11 is 6.00. The number of nitrogens with zero attached hydrogens (tertiary/aromatic N) is 3. The Morgan fingerprint density at radius 3 is 2.59 bits per heavy atom. The molecule has 170 valence electrons. The lowest BCUT2D eigenvalue weighted by atomic mass is 9.81. The highest BCUT2D eigenvalue weighted by Crippen LogP contribution is 2.51. The highest BCUT2D eigenvalue weighted by Gasteiger charge is 2.48. The molecule has 5 rings (SSSR count). The average Bonchev–Trinajstić information content (AvgIpc) is 3.05. The summed E-state index contributed by atoms with van der Waals surface area (Å²) in [7, 11) is 0. The van der Waals surface area contributed by atoms with Crippen molar-refractivity contribution in [1.82, 2.24) is 9.88 Å². The molecule has 0 N–H and O–H groups in total. The van der Waals surface area contributed by atoms with Crippen LogP contribution in [0.4, 0.5) is 10.5 Å². The van der Waals surface area contributed by atoms with Crippen molar-refractivity contribution in [3.63, 3.8) is 0 Å². The number of fused-ring (bicyclic) bond motifs is 2. The van der Waals surface area contributed by atoms with Gasteiger partial charge in [-0.1, -0.05) is 17.7 Å². The maximum atomic E-state index is 12.7. The van der Waals surface area contributed by atoms with Gasteiger partial charge in [-0.05, 0) is 57.9 Å². The first-order chi connectivity index (χ1) is 15.1. The maximum absolute atomic E-state index is 12.7. The van der Waals surface area contributed by atoms with E-state index in [-0.39, 0.29) is 18.2 Å². The van der Waals surface area contributed by atoms with Crippen molar-refractivity contribution in [3.05, 3.63) is 47.2 Å². The first-order valence-corrected chi connectivity index (χ1v) is 11.4. The molecular formula is C24H28ClN3O4. The van der Waals surface area contributed by atoms with Crippen LogP contribution in [-0.4, -0.2) is 46.8 Å². The Balaban J connectivity index is 1.38. The summed E-state index contributed by atoms with van der Waals surface area (Å²) in [5.41, 5.74) is 1.14. The molecule has 32 heavy (non-hydrogen) atoms. The van der Waals surface area contributed by atoms with Gasteiger partial charge in [0, 0.05) is 32.3 Å². The van der Waals surface area contributed by atoms with E-state index in [0.717, 1.165) is 18.5 Å². The van der Waals surface area contributed by atoms with E-state index in [0.29, 0.717) is 35.3 Å². The normalized spacial score (nSPS) is 26.4. The molecule has 7 nitrogen and oxygen atoms in total. The number of pyridine rings is 1. The summed E-state index contributed by atoms with van der Waals surface area (Å²) in [6, 6.07) is 9.91. The number of halogens is 1. The van der Waals surface area contributed by atoms with Gasteiger partial charge in [-0.15, -0.1) is 0 Å². The van der Waals surface area contributed by atoms with E-state index >= 15 is 0 Å². The van der Waals surface area contributed by atoms with Gasteiger partial charge in [0.1, 0.15) is 11.3 Å². The van der Waals surface area contributed by atoms with Crippen LogP contribution in [0.1, 0.15) is 46.2 Å². The van der Waals surface area contributed by atoms with Crippen molar-refractivity contribution < 1.29 is 19.0 Å². The van der Waals surface area contributed by atoms with Gasteiger partial charge in [-0.2, -0.15) is 0 Å². The second-order valence-electron chi connectivity index (χ2n) is 9.70. The van der Waals surface area contributed by atoms with Crippen molar-refractivity contribution in [2.75, 3.05) is 18.0 Å². The minimum absolute atomic E-state index is 0.140. The quantitative estimate of drug-likeness (QED) is 0.634. The third-order valence-corrected chi connectivity index (χ3v) is 6.50. The second-order valence-corrected chi connectivity index (χ2v) is 10.1. The molecular weight excluding hydrogens is 430 g/mol. The van der Waals surface area contributed by atoms with E-state index in [1.807, 2.05) is 50.8 Å². The minimum atomic E-state index is -1.03. The number of carbonyl (C=O) groups excluding carboxylic acids is 1. The van der Waals surface area contributed by atoms with Crippen molar-refractivity contribution in [2.45, 2.75) is 64.0 Å². The number of piperazine rings is 1. The number of hydrogen-bond donors (Lipinski definition) is 0. The van der Waals surface area contributed by atoms with Crippen molar-refractivity contribution in [1.29, 1.82) is 0 Å². The average molecular weight is 458 g/mol. The zero-order valence-corrected chi connectivity index (χ0v) is 19.6. The summed E-state index contributed by atoms with van der Waals surface area (Å²) in [4.78, 5) is 21.4. The van der Waals surface area contributed by atoms with Crippen LogP contribution in [0.15, 0.2) is 36.5 Å². The van der Waals surface area contributed by atoms with Crippen LogP contribution in [0.5, 0.6) is 11.5 Å². The Bertz CT molecular complexity index is 1040. The molecule has 3 atom stereocenters. The molecule has 3 aliphatic rings. The standard InChI is InChI=1S/C24H28ClN3O4/c1-23(2,3)32-22(29)28-13-12-27(16-9-10-17(16)28)18-6-5-7-19-21(18)31-24(4,30-19)20-11-8-15(25)14-26-20/h5-8,11,14,16-17H,9-10,12-13H2,1-4H3/t16-,17+,24-/m0/s1. The molecule has 3 heterocycles. The van der Waals surface area contributed by atoms with Gasteiger partial charge in [-0.25, -0.2) is 4.79 Å². The van der Waals surface area contributed by atoms with E-state index in [1.165, 1.54) is 0 Å². The van der Waals surface area contributed by atoms with Crippen LogP contribution < -0.4 is 14.4 Å². The molecule has 1 saturated heterocycles. The lowest BCUT2D eigenvalue weighted by molar-refractivity contribution is -0.0716. The highest BCUT2D eigenvalue weighted by atomic mass is 35.5. The number of aromatic nitrogens is 1. The summed E-state index contributed by atoms with van der Waals surface area (Å²) in [6.07, 6.45) is 3.35. The molecule has 2 aliphatic heterocycles. The fourth-order valence-electron chi connectivity index (χ4n) is 4.67. The van der Waals surface area contributed by atoms with Crippen LogP contribution in [-0.2, 0) is 10.5 Å². The molecule has 1 amide bonds. The van der Waals surface area contributed by atoms with Gasteiger partial charge in [0.2, 0.25) is 0 Å². The fourth-order valence-corrected chi connectivity index (χ4v) is 4.78. The van der Waals surface area contributed by atoms with Crippen molar-refractivity contribution in [2.24, 2.45) is 0 Å². The number of amides is 1. The van der Waals surface area contributed by atoms with E-state index < -0.39 is 11.4 Å². The van der Waals surface area contributed by atoms with Crippen LogP contribution >= 0.6 is 11.6 Å². The third kappa shape index (κ3) is 3.62. The van der Waals surface area contributed by atoms with Gasteiger partial charge in [0.25, 0.3) is 5.79 Å². The lowest BCUT2D eigenvalue weighted by Gasteiger charge is -2.54. The monoisotopic (exact) mass is 457 g/mol. The van der Waals surface area contributed by atoms with E-state index in [9.17, 15) is 4.79 Å². The molecule has 1 saturated carbocycles. The van der Waals surface area contributed by atoms with Gasteiger partial charge >= 0.3 is 6.09 Å². The van der Waals surface area contributed by atoms with Gasteiger partial charge in [0.05, 0.1) is 16.8 Å². The minimum Gasteiger partial charge on any atom is -0.444 e. The zero-order valence-electron chi connectivity index (χ0n) is 18.8. The highest BCUT2D eigenvalue weighted by molar-refractivity contribution is 6.30. The second kappa shape index (κ2) is 7.44. The molecule has 1 aromatic carbocycles. The van der Waals surface area contributed by atoms with Crippen molar-refractivity contribution >= 4 is 23.4 Å². The van der Waals surface area contributed by atoms with Crippen LogP contribution in [0.3, 0.4) is 0 Å². The van der Waals surface area contributed by atoms with Gasteiger partial charge in [0.15, 0.2) is 11.5 Å². The fraction of sp³-hybridized carbons (Fsp3) is 0.500. The predicted molar refractivity (Wildman–Crippen MR) is 121 cm³/mol. The molecule has 0 unspecified atom stereocenters. The number of ether oxygens (including phenoxy) is 3. The van der Waals surface area contributed by atoms with Crippen LogP contribution in [0.2, 0.25) is 5.02 Å². The molecule has 8 heteroatoms. The molecule has 0 spiro atoms. The summed E-state index contributed by atoms with van der Waals surface area (Å²) in [5, 5.41) is 0.562. The summed E-state index contributed by atoms with van der Waals surface area (Å²) in [6.45, 7) is 8.87. The topological polar surface area (TPSA) is 64.1 Å². The van der Waals surface area contributed by atoms with Crippen LogP contribution in [0.25, 0.3) is 0 Å². The lowest BCUT2D eigenvalue weighted by Crippen LogP contribution is -2.66. The Morgan fingerprint density at radius 2 is 1.94 bits per heavy atom. The Hall–Kier alpha value is -2.67. The zero-order chi connectivity index (χ0) is 22.7. The van der Waals surface area contributed by atoms with E-state index in [4.69, 9.17) is 25.8 Å². The van der Waals surface area contributed by atoms with Crippen LogP contribution in [0, 0.1) is 0 Å². The molecule has 1 aromatic heterocycles. The number of rotatable bonds is 2. The molecule has 0 bridgehead atoms. The summed E-state index contributed by atoms with van der Waals surface area (Å²) in [5.74, 6) is 0.371. The van der Waals surface area contributed by atoms with E-state index in [2.05, 4.69) is 16.0 Å². The number of benzene rings is 1.